The third kappa shape index (κ3) is 4.89. The van der Waals surface area contributed by atoms with Gasteiger partial charge in [-0.05, 0) is 37.1 Å². The third-order valence-corrected chi connectivity index (χ3v) is 6.32. The van der Waals surface area contributed by atoms with E-state index in [-0.39, 0.29) is 17.4 Å². The fourth-order valence-corrected chi connectivity index (χ4v) is 4.37. The number of piperidine rings is 1. The summed E-state index contributed by atoms with van der Waals surface area (Å²) in [6, 6.07) is 4.86. The molecule has 1 aromatic heterocycles. The van der Waals surface area contributed by atoms with Gasteiger partial charge >= 0.3 is 0 Å². The first-order chi connectivity index (χ1) is 13.0. The molecule has 27 heavy (non-hydrogen) atoms. The van der Waals surface area contributed by atoms with Crippen LogP contribution in [0.1, 0.15) is 30.5 Å². The second-order valence-corrected chi connectivity index (χ2v) is 8.16. The average molecular weight is 399 g/mol. The van der Waals surface area contributed by atoms with Gasteiger partial charge in [0.15, 0.2) is 5.82 Å². The Labute approximate surface area is 157 Å². The van der Waals surface area contributed by atoms with Crippen molar-refractivity contribution in [2.75, 3.05) is 33.4 Å². The number of aromatic nitrogens is 2. The number of halogens is 1. The van der Waals surface area contributed by atoms with Crippen molar-refractivity contribution in [1.82, 2.24) is 14.4 Å². The highest BCUT2D eigenvalue weighted by Crippen LogP contribution is 2.29. The summed E-state index contributed by atoms with van der Waals surface area (Å²) in [5.74, 6) is 0.523. The van der Waals surface area contributed by atoms with Crippen molar-refractivity contribution in [1.29, 1.82) is 0 Å². The summed E-state index contributed by atoms with van der Waals surface area (Å²) in [7, 11) is -2.03. The van der Waals surface area contributed by atoms with E-state index in [1.54, 1.807) is 7.11 Å². The van der Waals surface area contributed by atoms with Crippen LogP contribution in [0, 0.1) is 5.82 Å². The zero-order valence-electron chi connectivity index (χ0n) is 15.0. The Morgan fingerprint density at radius 1 is 1.22 bits per heavy atom. The average Bonchev–Trinajstić information content (AvgIpc) is 3.15. The molecule has 0 radical (unpaired) electrons. The van der Waals surface area contributed by atoms with Crippen LogP contribution in [0.2, 0.25) is 0 Å². The fraction of sp³-hybridized carbons (Fsp3) is 0.529. The van der Waals surface area contributed by atoms with Crippen LogP contribution in [-0.2, 0) is 26.1 Å². The van der Waals surface area contributed by atoms with Gasteiger partial charge in [0.2, 0.25) is 10.0 Å². The molecule has 2 aromatic rings. The molecular weight excluding hydrogens is 377 g/mol. The van der Waals surface area contributed by atoms with Crippen LogP contribution in [0.25, 0.3) is 0 Å². The molecule has 0 bridgehead atoms. The number of benzene rings is 1. The normalized spacial score (nSPS) is 16.7. The van der Waals surface area contributed by atoms with E-state index in [9.17, 15) is 12.8 Å². The standard InChI is InChI=1S/C17H22FN3O5S/c1-24-10-11-25-12-16-19-17(20-26-16)13-6-8-21(9-7-13)27(22,23)15-4-2-14(18)3-5-15/h2-5,13H,6-12H2,1H3. The first kappa shape index (κ1) is 19.9. The van der Waals surface area contributed by atoms with Crippen molar-refractivity contribution in [3.8, 4) is 0 Å². The summed E-state index contributed by atoms with van der Waals surface area (Å²) in [5, 5.41) is 3.99. The van der Waals surface area contributed by atoms with Crippen LogP contribution >= 0.6 is 0 Å². The molecule has 0 atom stereocenters. The van der Waals surface area contributed by atoms with Crippen LogP contribution in [0.4, 0.5) is 4.39 Å². The molecule has 0 aliphatic carbocycles. The van der Waals surface area contributed by atoms with Crippen LogP contribution in [0.3, 0.4) is 0 Å². The van der Waals surface area contributed by atoms with Gasteiger partial charge in [-0.25, -0.2) is 12.8 Å². The SMILES string of the molecule is COCCOCc1nc(C2CCN(S(=O)(=O)c3ccc(F)cc3)CC2)no1. The molecule has 0 saturated carbocycles. The van der Waals surface area contributed by atoms with Gasteiger partial charge in [0.25, 0.3) is 5.89 Å². The zero-order valence-corrected chi connectivity index (χ0v) is 15.8. The molecule has 0 amide bonds. The van der Waals surface area contributed by atoms with Crippen LogP contribution in [0.5, 0.6) is 0 Å². The van der Waals surface area contributed by atoms with E-state index >= 15 is 0 Å². The van der Waals surface area contributed by atoms with Gasteiger partial charge in [0.1, 0.15) is 12.4 Å². The van der Waals surface area contributed by atoms with Crippen molar-refractivity contribution in [3.63, 3.8) is 0 Å². The minimum atomic E-state index is -3.63. The van der Waals surface area contributed by atoms with Gasteiger partial charge in [0.05, 0.1) is 18.1 Å². The van der Waals surface area contributed by atoms with Crippen molar-refractivity contribution >= 4 is 10.0 Å². The van der Waals surface area contributed by atoms with E-state index < -0.39 is 15.8 Å². The lowest BCUT2D eigenvalue weighted by Crippen LogP contribution is -2.38. The second-order valence-electron chi connectivity index (χ2n) is 6.22. The van der Waals surface area contributed by atoms with E-state index in [2.05, 4.69) is 10.1 Å². The summed E-state index contributed by atoms with van der Waals surface area (Å²) < 4.78 is 55.1. The lowest BCUT2D eigenvalue weighted by atomic mass is 9.98. The van der Waals surface area contributed by atoms with Crippen molar-refractivity contribution in [2.45, 2.75) is 30.3 Å². The van der Waals surface area contributed by atoms with Crippen LogP contribution in [-0.4, -0.2) is 56.3 Å². The summed E-state index contributed by atoms with van der Waals surface area (Å²) >= 11 is 0. The van der Waals surface area contributed by atoms with E-state index in [4.69, 9.17) is 14.0 Å². The first-order valence-corrected chi connectivity index (χ1v) is 10.1. The lowest BCUT2D eigenvalue weighted by Gasteiger charge is -2.29. The molecule has 148 valence electrons. The Bertz CT molecular complexity index is 833. The highest BCUT2D eigenvalue weighted by atomic mass is 32.2. The number of hydrogen-bond donors (Lipinski definition) is 0. The Balaban J connectivity index is 1.56. The topological polar surface area (TPSA) is 94.8 Å². The molecule has 1 aliphatic heterocycles. The largest absolute Gasteiger partial charge is 0.382 e. The fourth-order valence-electron chi connectivity index (χ4n) is 2.90. The van der Waals surface area contributed by atoms with Crippen LogP contribution in [0.15, 0.2) is 33.7 Å². The second kappa shape index (κ2) is 8.87. The highest BCUT2D eigenvalue weighted by molar-refractivity contribution is 7.89. The number of hydrogen-bond acceptors (Lipinski definition) is 7. The molecule has 0 N–H and O–H groups in total. The summed E-state index contributed by atoms with van der Waals surface area (Å²) in [6.07, 6.45) is 1.17. The summed E-state index contributed by atoms with van der Waals surface area (Å²) in [4.78, 5) is 4.43. The molecule has 0 unspecified atom stereocenters. The molecule has 3 rings (SSSR count). The molecule has 1 aliphatic rings. The lowest BCUT2D eigenvalue weighted by molar-refractivity contribution is 0.0494. The molecule has 10 heteroatoms. The molecule has 1 fully saturated rings. The predicted molar refractivity (Wildman–Crippen MR) is 93.0 cm³/mol. The number of rotatable bonds is 8. The maximum absolute atomic E-state index is 13.0. The van der Waals surface area contributed by atoms with Crippen molar-refractivity contribution < 1.29 is 26.8 Å². The van der Waals surface area contributed by atoms with Gasteiger partial charge < -0.3 is 14.0 Å². The molecule has 1 saturated heterocycles. The van der Waals surface area contributed by atoms with Crippen molar-refractivity contribution in [3.05, 3.63) is 41.8 Å². The summed E-state index contributed by atoms with van der Waals surface area (Å²) in [6.45, 7) is 1.83. The van der Waals surface area contributed by atoms with Crippen LogP contribution < -0.4 is 0 Å². The maximum Gasteiger partial charge on any atom is 0.252 e. The van der Waals surface area contributed by atoms with Gasteiger partial charge in [-0.2, -0.15) is 9.29 Å². The predicted octanol–water partition coefficient (Wildman–Crippen LogP) is 1.94. The number of methoxy groups -OCH3 is 1. The Morgan fingerprint density at radius 2 is 1.93 bits per heavy atom. The number of nitrogens with zero attached hydrogens (tertiary/aromatic N) is 3. The molecular formula is C17H22FN3O5S. The van der Waals surface area contributed by atoms with E-state index in [1.165, 1.54) is 16.4 Å². The highest BCUT2D eigenvalue weighted by Gasteiger charge is 2.31. The molecule has 1 aromatic carbocycles. The summed E-state index contributed by atoms with van der Waals surface area (Å²) in [5.41, 5.74) is 0. The van der Waals surface area contributed by atoms with Crippen molar-refractivity contribution in [2.24, 2.45) is 0 Å². The van der Waals surface area contributed by atoms with Gasteiger partial charge in [-0.15, -0.1) is 0 Å². The quantitative estimate of drug-likeness (QED) is 0.626. The Hall–Kier alpha value is -1.88. The molecule has 0 spiro atoms. The van der Waals surface area contributed by atoms with E-state index in [1.807, 2.05) is 0 Å². The molecule has 8 nitrogen and oxygen atoms in total. The monoisotopic (exact) mass is 399 g/mol. The Kier molecular flexibility index (Phi) is 6.53. The minimum absolute atomic E-state index is 0.0288. The van der Waals surface area contributed by atoms with Gasteiger partial charge in [0, 0.05) is 26.1 Å². The number of sulfonamides is 1. The third-order valence-electron chi connectivity index (χ3n) is 4.41. The zero-order chi connectivity index (χ0) is 19.3. The van der Waals surface area contributed by atoms with E-state index in [0.29, 0.717) is 50.9 Å². The smallest absolute Gasteiger partial charge is 0.252 e. The maximum atomic E-state index is 13.0. The number of ether oxygens (including phenoxy) is 2. The Morgan fingerprint density at radius 3 is 2.59 bits per heavy atom. The van der Waals surface area contributed by atoms with E-state index in [0.717, 1.165) is 12.1 Å². The van der Waals surface area contributed by atoms with Gasteiger partial charge in [-0.3, -0.25) is 0 Å². The minimum Gasteiger partial charge on any atom is -0.382 e. The first-order valence-electron chi connectivity index (χ1n) is 8.65. The molecule has 2 heterocycles. The van der Waals surface area contributed by atoms with Gasteiger partial charge in [-0.1, -0.05) is 5.16 Å².